The average molecular weight is 421 g/mol. The predicted molar refractivity (Wildman–Crippen MR) is 112 cm³/mol. The number of nitrogens with two attached hydrogens (primary N) is 1. The van der Waals surface area contributed by atoms with Crippen LogP contribution in [0.25, 0.3) is 16.9 Å². The summed E-state index contributed by atoms with van der Waals surface area (Å²) in [5, 5.41) is 14.5. The van der Waals surface area contributed by atoms with Crippen molar-refractivity contribution in [3.63, 3.8) is 0 Å². The maximum Gasteiger partial charge on any atom is 0.254 e. The van der Waals surface area contributed by atoms with Crippen molar-refractivity contribution >= 4 is 17.2 Å². The number of fused-ring (bicyclic) bond motifs is 4. The van der Waals surface area contributed by atoms with Crippen molar-refractivity contribution in [2.45, 2.75) is 37.5 Å². The molecule has 2 fully saturated rings. The van der Waals surface area contributed by atoms with Gasteiger partial charge in [-0.3, -0.25) is 4.79 Å². The number of aliphatic hydroxyl groups excluding tert-OH is 1. The topological polar surface area (TPSA) is 115 Å². The summed E-state index contributed by atoms with van der Waals surface area (Å²) >= 11 is 0. The highest BCUT2D eigenvalue weighted by Crippen LogP contribution is 2.46. The number of hydrogen-bond acceptors (Lipinski definition) is 7. The Labute approximate surface area is 178 Å². The number of aliphatic hydroxyl groups is 1. The Hall–Kier alpha value is -3.17. The number of carbonyl (C=O) groups is 1. The van der Waals surface area contributed by atoms with E-state index in [0.29, 0.717) is 29.9 Å². The van der Waals surface area contributed by atoms with E-state index in [1.54, 1.807) is 23.0 Å². The van der Waals surface area contributed by atoms with E-state index >= 15 is 0 Å². The minimum absolute atomic E-state index is 0.0839. The molecule has 2 saturated heterocycles. The first kappa shape index (κ1) is 18.6. The number of primary amides is 1. The van der Waals surface area contributed by atoms with Gasteiger partial charge in [-0.15, -0.1) is 0 Å². The molecule has 2 bridgehead atoms. The predicted octanol–water partition coefficient (Wildman–Crippen LogP) is 1.16. The number of nitrogens with zero attached hydrogens (tertiary/aromatic N) is 4. The largest absolute Gasteiger partial charge is 0.484 e. The van der Waals surface area contributed by atoms with E-state index in [9.17, 15) is 9.90 Å². The van der Waals surface area contributed by atoms with Crippen molar-refractivity contribution in [1.29, 1.82) is 0 Å². The molecule has 0 unspecified atom stereocenters. The fourth-order valence-electron chi connectivity index (χ4n) is 5.06. The first-order valence-electron chi connectivity index (χ1n) is 10.4. The van der Waals surface area contributed by atoms with Gasteiger partial charge in [0.25, 0.3) is 5.91 Å². The lowest BCUT2D eigenvalue weighted by atomic mass is 9.96. The zero-order valence-electron chi connectivity index (χ0n) is 17.1. The van der Waals surface area contributed by atoms with Crippen molar-refractivity contribution in [3.05, 3.63) is 41.7 Å². The Bertz CT molecular complexity index is 1220. The van der Waals surface area contributed by atoms with Crippen LogP contribution < -0.4 is 15.4 Å². The molecule has 9 nitrogen and oxygen atoms in total. The number of ether oxygens (including phenoxy) is 2. The van der Waals surface area contributed by atoms with Gasteiger partial charge in [-0.25, -0.2) is 9.50 Å². The standard InChI is InChI=1S/C22H23N5O4/c1-22(11-28)8-12-5-15(19-18(20(23)29)21-24-3-2-4-27(21)25-19)16(7-17(12)31-22)26-9-14-6-13(26)10-30-14/h2-5,7,13-14,28H,6,8-11H2,1H3,(H2,23,29)/t13-,14-,22+/m1/s1. The van der Waals surface area contributed by atoms with Crippen molar-refractivity contribution < 1.29 is 19.4 Å². The second-order valence-corrected chi connectivity index (χ2v) is 8.84. The Morgan fingerprint density at radius 1 is 1.42 bits per heavy atom. The SMILES string of the molecule is C[C@@]1(CO)Cc2cc(-c3nn4cccnc4c3C(N)=O)c(N3C[C@H]4C[C@@H]3CO4)cc2O1. The molecule has 0 saturated carbocycles. The molecule has 2 aromatic heterocycles. The summed E-state index contributed by atoms with van der Waals surface area (Å²) in [4.78, 5) is 19.1. The summed E-state index contributed by atoms with van der Waals surface area (Å²) in [6.45, 7) is 3.25. The van der Waals surface area contributed by atoms with Crippen LogP contribution in [0.4, 0.5) is 5.69 Å². The van der Waals surface area contributed by atoms with Crippen LogP contribution in [0.15, 0.2) is 30.6 Å². The van der Waals surface area contributed by atoms with E-state index in [4.69, 9.17) is 15.2 Å². The molecule has 160 valence electrons. The number of aromatic nitrogens is 3. The quantitative estimate of drug-likeness (QED) is 0.649. The van der Waals surface area contributed by atoms with Crippen LogP contribution in [0.5, 0.6) is 5.75 Å². The van der Waals surface area contributed by atoms with Crippen LogP contribution in [0.2, 0.25) is 0 Å². The first-order valence-corrected chi connectivity index (χ1v) is 10.4. The Morgan fingerprint density at radius 3 is 3.00 bits per heavy atom. The van der Waals surface area contributed by atoms with Gasteiger partial charge in [0.1, 0.15) is 22.6 Å². The number of carbonyl (C=O) groups excluding carboxylic acids is 1. The number of rotatable bonds is 4. The summed E-state index contributed by atoms with van der Waals surface area (Å²) in [6, 6.07) is 6.05. The van der Waals surface area contributed by atoms with Crippen molar-refractivity contribution in [2.75, 3.05) is 24.7 Å². The van der Waals surface area contributed by atoms with Crippen molar-refractivity contribution in [2.24, 2.45) is 5.73 Å². The number of anilines is 1. The van der Waals surface area contributed by atoms with Crippen LogP contribution in [0.1, 0.15) is 29.3 Å². The number of hydrogen-bond donors (Lipinski definition) is 2. The van der Waals surface area contributed by atoms with Crippen molar-refractivity contribution in [3.8, 4) is 17.0 Å². The molecule has 3 N–H and O–H groups in total. The smallest absolute Gasteiger partial charge is 0.254 e. The zero-order valence-corrected chi connectivity index (χ0v) is 17.1. The van der Waals surface area contributed by atoms with Crippen LogP contribution >= 0.6 is 0 Å². The second-order valence-electron chi connectivity index (χ2n) is 8.84. The molecule has 3 atom stereocenters. The lowest BCUT2D eigenvalue weighted by Crippen LogP contribution is -2.37. The van der Waals surface area contributed by atoms with Gasteiger partial charge in [0.05, 0.1) is 31.0 Å². The fraction of sp³-hybridized carbons (Fsp3) is 0.409. The molecule has 3 aromatic rings. The average Bonchev–Trinajstić information content (AvgIpc) is 3.52. The third kappa shape index (κ3) is 2.73. The fourth-order valence-corrected chi connectivity index (χ4v) is 5.06. The van der Waals surface area contributed by atoms with Gasteiger partial charge in [0, 0.05) is 37.0 Å². The summed E-state index contributed by atoms with van der Waals surface area (Å²) < 4.78 is 13.5. The van der Waals surface area contributed by atoms with Gasteiger partial charge in [0.2, 0.25) is 0 Å². The minimum atomic E-state index is -0.668. The molecule has 0 spiro atoms. The highest BCUT2D eigenvalue weighted by Gasteiger charge is 2.42. The lowest BCUT2D eigenvalue weighted by molar-refractivity contribution is 0.0446. The number of benzene rings is 1. The number of amides is 1. The van der Waals surface area contributed by atoms with Crippen LogP contribution in [-0.2, 0) is 11.2 Å². The Balaban J connectivity index is 1.58. The van der Waals surface area contributed by atoms with Gasteiger partial charge in [0.15, 0.2) is 5.65 Å². The molecule has 3 aliphatic rings. The van der Waals surface area contributed by atoms with E-state index in [2.05, 4.69) is 15.0 Å². The zero-order chi connectivity index (χ0) is 21.3. The minimum Gasteiger partial charge on any atom is -0.484 e. The third-order valence-corrected chi connectivity index (χ3v) is 6.54. The van der Waals surface area contributed by atoms with Crippen LogP contribution in [-0.4, -0.2) is 63.1 Å². The van der Waals surface area contributed by atoms with E-state index < -0.39 is 11.5 Å². The highest BCUT2D eigenvalue weighted by atomic mass is 16.5. The monoisotopic (exact) mass is 421 g/mol. The van der Waals surface area contributed by atoms with E-state index in [0.717, 1.165) is 35.5 Å². The summed E-state index contributed by atoms with van der Waals surface area (Å²) in [6.07, 6.45) is 5.12. The van der Waals surface area contributed by atoms with Crippen molar-refractivity contribution in [1.82, 2.24) is 14.6 Å². The van der Waals surface area contributed by atoms with Gasteiger partial charge in [-0.05, 0) is 31.0 Å². The van der Waals surface area contributed by atoms with E-state index in [-0.39, 0.29) is 18.8 Å². The number of morpholine rings is 1. The molecule has 0 radical (unpaired) electrons. The molecule has 31 heavy (non-hydrogen) atoms. The van der Waals surface area contributed by atoms with E-state index in [1.165, 1.54) is 0 Å². The third-order valence-electron chi connectivity index (χ3n) is 6.54. The van der Waals surface area contributed by atoms with Gasteiger partial charge in [-0.2, -0.15) is 5.10 Å². The van der Waals surface area contributed by atoms with Crippen LogP contribution in [0, 0.1) is 0 Å². The van der Waals surface area contributed by atoms with Gasteiger partial charge >= 0.3 is 0 Å². The molecular weight excluding hydrogens is 398 g/mol. The normalized spacial score (nSPS) is 26.5. The molecule has 1 aromatic carbocycles. The maximum atomic E-state index is 12.5. The summed E-state index contributed by atoms with van der Waals surface area (Å²) in [5.74, 6) is 0.180. The second kappa shape index (κ2) is 6.41. The van der Waals surface area contributed by atoms with E-state index in [1.807, 2.05) is 19.1 Å². The molecule has 3 aliphatic heterocycles. The molecule has 1 amide bonds. The molecule has 0 aliphatic carbocycles. The molecule has 9 heteroatoms. The van der Waals surface area contributed by atoms with Crippen LogP contribution in [0.3, 0.4) is 0 Å². The molecule has 6 rings (SSSR count). The summed E-state index contributed by atoms with van der Waals surface area (Å²) in [7, 11) is 0. The summed E-state index contributed by atoms with van der Waals surface area (Å²) in [5.41, 5.74) is 9.06. The maximum absolute atomic E-state index is 12.5. The first-order chi connectivity index (χ1) is 15.0. The Kier molecular flexibility index (Phi) is 3.85. The molecular formula is C22H23N5O4. The lowest BCUT2D eigenvalue weighted by Gasteiger charge is -2.31. The Morgan fingerprint density at radius 2 is 2.29 bits per heavy atom. The highest BCUT2D eigenvalue weighted by molar-refractivity contribution is 6.06. The molecule has 5 heterocycles. The van der Waals surface area contributed by atoms with Gasteiger partial charge < -0.3 is 25.2 Å². The van der Waals surface area contributed by atoms with Gasteiger partial charge in [-0.1, -0.05) is 0 Å².